The first-order chi connectivity index (χ1) is 10.3. The maximum absolute atomic E-state index is 11.4. The number of nitrogens with zero attached hydrogens (tertiary/aromatic N) is 1. The molecule has 0 saturated heterocycles. The van der Waals surface area contributed by atoms with Gasteiger partial charge in [-0.25, -0.2) is 4.79 Å². The maximum Gasteiger partial charge on any atom is 0.339 e. The second kappa shape index (κ2) is 5.66. The van der Waals surface area contributed by atoms with Crippen LogP contribution in [-0.2, 0) is 6.42 Å². The first-order valence-corrected chi connectivity index (χ1v) is 6.63. The molecule has 0 spiro atoms. The molecule has 0 radical (unpaired) electrons. The molecule has 106 valence electrons. The monoisotopic (exact) mass is 282 g/mol. The highest BCUT2D eigenvalue weighted by atomic mass is 16.4. The van der Waals surface area contributed by atoms with E-state index < -0.39 is 5.97 Å². The molecule has 0 bridgehead atoms. The molecule has 0 amide bonds. The summed E-state index contributed by atoms with van der Waals surface area (Å²) in [6.45, 7) is 0.585. The topological polar surface area (TPSA) is 75.4 Å². The summed E-state index contributed by atoms with van der Waals surface area (Å²) in [5.74, 6) is -0.133. The molecule has 5 nitrogen and oxygen atoms in total. The van der Waals surface area contributed by atoms with Gasteiger partial charge in [-0.3, -0.25) is 4.98 Å². The van der Waals surface area contributed by atoms with Crippen molar-refractivity contribution in [2.24, 2.45) is 0 Å². The van der Waals surface area contributed by atoms with Crippen molar-refractivity contribution in [2.45, 2.75) is 6.42 Å². The van der Waals surface area contributed by atoms with E-state index in [4.69, 9.17) is 4.42 Å². The second-order valence-corrected chi connectivity index (χ2v) is 4.63. The van der Waals surface area contributed by atoms with Gasteiger partial charge in [-0.15, -0.1) is 0 Å². The third-order valence-corrected chi connectivity index (χ3v) is 3.26. The molecular weight excluding hydrogens is 268 g/mol. The van der Waals surface area contributed by atoms with Crippen molar-refractivity contribution < 1.29 is 14.3 Å². The van der Waals surface area contributed by atoms with Crippen LogP contribution in [0.25, 0.3) is 10.9 Å². The van der Waals surface area contributed by atoms with Crippen LogP contribution in [0.2, 0.25) is 0 Å². The lowest BCUT2D eigenvalue weighted by Crippen LogP contribution is -2.10. The highest BCUT2D eigenvalue weighted by molar-refractivity contribution is 6.04. The van der Waals surface area contributed by atoms with Crippen LogP contribution in [0.5, 0.6) is 0 Å². The Morgan fingerprint density at radius 2 is 2.10 bits per heavy atom. The van der Waals surface area contributed by atoms with E-state index >= 15 is 0 Å². The molecular formula is C16H14N2O3. The number of rotatable bonds is 5. The summed E-state index contributed by atoms with van der Waals surface area (Å²) in [6, 6.07) is 11.2. The molecule has 3 rings (SSSR count). The van der Waals surface area contributed by atoms with Gasteiger partial charge in [-0.2, -0.15) is 0 Å². The third kappa shape index (κ3) is 2.72. The van der Waals surface area contributed by atoms with Gasteiger partial charge in [0.1, 0.15) is 11.3 Å². The Morgan fingerprint density at radius 3 is 2.86 bits per heavy atom. The van der Waals surface area contributed by atoms with Crippen molar-refractivity contribution in [1.29, 1.82) is 0 Å². The second-order valence-electron chi connectivity index (χ2n) is 4.63. The third-order valence-electron chi connectivity index (χ3n) is 3.26. The van der Waals surface area contributed by atoms with E-state index in [-0.39, 0.29) is 5.56 Å². The lowest BCUT2D eigenvalue weighted by molar-refractivity contribution is 0.0697. The lowest BCUT2D eigenvalue weighted by Gasteiger charge is -2.12. The fourth-order valence-electron chi connectivity index (χ4n) is 2.26. The van der Waals surface area contributed by atoms with Crippen LogP contribution in [0.3, 0.4) is 0 Å². The molecule has 2 aromatic heterocycles. The molecule has 2 heterocycles. The van der Waals surface area contributed by atoms with E-state index in [1.165, 1.54) is 6.20 Å². The molecule has 0 fully saturated rings. The fourth-order valence-corrected chi connectivity index (χ4v) is 2.26. The van der Waals surface area contributed by atoms with Gasteiger partial charge in [-0.1, -0.05) is 18.2 Å². The average Bonchev–Trinajstić information content (AvgIpc) is 3.00. The quantitative estimate of drug-likeness (QED) is 0.751. The number of carboxylic acid groups (broad SMARTS) is 1. The highest BCUT2D eigenvalue weighted by Gasteiger charge is 2.14. The standard InChI is InChI=1S/C16H14N2O3/c19-16(20)13-10-18-14-6-2-1-5-12(14)15(13)17-8-7-11-4-3-9-21-11/h1-6,9-10H,7-8H2,(H,17,18)(H,19,20). The van der Waals surface area contributed by atoms with Crippen LogP contribution < -0.4 is 5.32 Å². The number of aromatic nitrogens is 1. The molecule has 5 heteroatoms. The van der Waals surface area contributed by atoms with E-state index in [9.17, 15) is 9.90 Å². The molecule has 1 aromatic carbocycles. The van der Waals surface area contributed by atoms with Crippen LogP contribution >= 0.6 is 0 Å². The summed E-state index contributed by atoms with van der Waals surface area (Å²) in [5, 5.41) is 13.3. The smallest absolute Gasteiger partial charge is 0.339 e. The minimum absolute atomic E-state index is 0.174. The summed E-state index contributed by atoms with van der Waals surface area (Å²) in [4.78, 5) is 15.5. The Hall–Kier alpha value is -2.82. The number of carboxylic acids is 1. The fraction of sp³-hybridized carbons (Fsp3) is 0.125. The number of fused-ring (bicyclic) bond motifs is 1. The summed E-state index contributed by atoms with van der Waals surface area (Å²) >= 11 is 0. The van der Waals surface area contributed by atoms with E-state index in [1.54, 1.807) is 6.26 Å². The van der Waals surface area contributed by atoms with Crippen LogP contribution in [0.1, 0.15) is 16.1 Å². The average molecular weight is 282 g/mol. The van der Waals surface area contributed by atoms with E-state index in [0.29, 0.717) is 18.7 Å². The minimum Gasteiger partial charge on any atom is -0.478 e. The van der Waals surface area contributed by atoms with Crippen molar-refractivity contribution in [3.05, 3.63) is 60.2 Å². The number of carbonyl (C=O) groups is 1. The first kappa shape index (κ1) is 13.2. The van der Waals surface area contributed by atoms with Crippen LogP contribution in [0.4, 0.5) is 5.69 Å². The van der Waals surface area contributed by atoms with Gasteiger partial charge >= 0.3 is 5.97 Å². The molecule has 0 aliphatic rings. The number of para-hydroxylation sites is 1. The van der Waals surface area contributed by atoms with Crippen molar-refractivity contribution in [3.8, 4) is 0 Å². The predicted octanol–water partition coefficient (Wildman–Crippen LogP) is 3.18. The number of furan rings is 1. The minimum atomic E-state index is -0.992. The van der Waals surface area contributed by atoms with E-state index in [0.717, 1.165) is 16.7 Å². The maximum atomic E-state index is 11.4. The Bertz CT molecular complexity index is 766. The zero-order valence-corrected chi connectivity index (χ0v) is 11.2. The van der Waals surface area contributed by atoms with Crippen LogP contribution in [0.15, 0.2) is 53.3 Å². The molecule has 0 atom stereocenters. The number of hydrogen-bond donors (Lipinski definition) is 2. The molecule has 21 heavy (non-hydrogen) atoms. The van der Waals surface area contributed by atoms with Crippen molar-refractivity contribution in [2.75, 3.05) is 11.9 Å². The van der Waals surface area contributed by atoms with Crippen molar-refractivity contribution in [1.82, 2.24) is 4.98 Å². The Balaban J connectivity index is 1.90. The van der Waals surface area contributed by atoms with E-state index in [1.807, 2.05) is 36.4 Å². The summed E-state index contributed by atoms with van der Waals surface area (Å²) < 4.78 is 5.27. The van der Waals surface area contributed by atoms with Gasteiger partial charge in [0.25, 0.3) is 0 Å². The normalized spacial score (nSPS) is 10.7. The first-order valence-electron chi connectivity index (χ1n) is 6.63. The van der Waals surface area contributed by atoms with Crippen molar-refractivity contribution >= 4 is 22.6 Å². The summed E-state index contributed by atoms with van der Waals surface area (Å²) in [6.07, 6.45) is 3.70. The number of aromatic carboxylic acids is 1. The van der Waals surface area contributed by atoms with Crippen molar-refractivity contribution in [3.63, 3.8) is 0 Å². The Morgan fingerprint density at radius 1 is 1.24 bits per heavy atom. The molecule has 0 aliphatic carbocycles. The van der Waals surface area contributed by atoms with Gasteiger partial charge in [0.2, 0.25) is 0 Å². The lowest BCUT2D eigenvalue weighted by atomic mass is 10.1. The number of hydrogen-bond acceptors (Lipinski definition) is 4. The van der Waals surface area contributed by atoms with Crippen LogP contribution in [-0.4, -0.2) is 22.6 Å². The predicted molar refractivity (Wildman–Crippen MR) is 79.6 cm³/mol. The Kier molecular flexibility index (Phi) is 3.55. The molecule has 0 aliphatic heterocycles. The number of benzene rings is 1. The van der Waals surface area contributed by atoms with Gasteiger partial charge in [-0.05, 0) is 18.2 Å². The largest absolute Gasteiger partial charge is 0.478 e. The van der Waals surface area contributed by atoms with E-state index in [2.05, 4.69) is 10.3 Å². The van der Waals surface area contributed by atoms with Gasteiger partial charge in [0.15, 0.2) is 0 Å². The van der Waals surface area contributed by atoms with Gasteiger partial charge in [0, 0.05) is 24.5 Å². The molecule has 0 unspecified atom stereocenters. The zero-order valence-electron chi connectivity index (χ0n) is 11.2. The highest BCUT2D eigenvalue weighted by Crippen LogP contribution is 2.25. The Labute approximate surface area is 121 Å². The van der Waals surface area contributed by atoms with Gasteiger partial charge < -0.3 is 14.8 Å². The number of nitrogens with one attached hydrogen (secondary N) is 1. The molecule has 3 aromatic rings. The summed E-state index contributed by atoms with van der Waals surface area (Å²) in [5.41, 5.74) is 1.54. The number of anilines is 1. The summed E-state index contributed by atoms with van der Waals surface area (Å²) in [7, 11) is 0. The SMILES string of the molecule is O=C(O)c1cnc2ccccc2c1NCCc1ccco1. The van der Waals surface area contributed by atoms with Crippen LogP contribution in [0, 0.1) is 0 Å². The van der Waals surface area contributed by atoms with Gasteiger partial charge in [0.05, 0.1) is 17.5 Å². The zero-order chi connectivity index (χ0) is 14.7. The molecule has 0 saturated carbocycles. The number of pyridine rings is 1. The molecule has 2 N–H and O–H groups in total.